The number of nitrogens with zero attached hydrogens (tertiary/aromatic N) is 3. The first kappa shape index (κ1) is 17.9. The van der Waals surface area contributed by atoms with Crippen LogP contribution in [0.15, 0.2) is 42.6 Å². The van der Waals surface area contributed by atoms with Gasteiger partial charge in [0.05, 0.1) is 0 Å². The largest absolute Gasteiger partial charge is 0.344 e. The molecule has 0 saturated carbocycles. The van der Waals surface area contributed by atoms with E-state index in [4.69, 9.17) is 0 Å². The van der Waals surface area contributed by atoms with Gasteiger partial charge in [0.15, 0.2) is 0 Å². The van der Waals surface area contributed by atoms with Gasteiger partial charge in [-0.2, -0.15) is 0 Å². The lowest BCUT2D eigenvalue weighted by atomic mass is 9.98. The second-order valence-corrected chi connectivity index (χ2v) is 8.37. The molecule has 4 heteroatoms. The Hall–Kier alpha value is -2.17. The molecule has 0 unspecified atom stereocenters. The van der Waals surface area contributed by atoms with Crippen molar-refractivity contribution in [2.45, 2.75) is 51.7 Å². The number of hydrogen-bond acceptors (Lipinski definition) is 3. The molecule has 28 heavy (non-hydrogen) atoms. The molecule has 0 spiro atoms. The van der Waals surface area contributed by atoms with Gasteiger partial charge >= 0.3 is 0 Å². The average molecular weight is 375 g/mol. The van der Waals surface area contributed by atoms with Crippen molar-refractivity contribution in [3.05, 3.63) is 65.1 Å². The van der Waals surface area contributed by atoms with E-state index in [0.29, 0.717) is 0 Å². The highest BCUT2D eigenvalue weighted by Gasteiger charge is 2.28. The Labute approximate surface area is 167 Å². The van der Waals surface area contributed by atoms with Crippen molar-refractivity contribution in [2.75, 3.05) is 19.6 Å². The van der Waals surface area contributed by atoms with E-state index in [-0.39, 0.29) is 0 Å². The molecule has 1 N–H and O–H groups in total. The molecule has 0 radical (unpaired) electrons. The van der Waals surface area contributed by atoms with Gasteiger partial charge in [0, 0.05) is 67.0 Å². The molecular formula is C24H30N4. The Kier molecular flexibility index (Phi) is 4.91. The van der Waals surface area contributed by atoms with E-state index in [1.165, 1.54) is 54.6 Å². The minimum atomic E-state index is 0.742. The van der Waals surface area contributed by atoms with Gasteiger partial charge in [0.1, 0.15) is 0 Å². The molecule has 1 fully saturated rings. The molecule has 2 aliphatic rings. The quantitative estimate of drug-likeness (QED) is 0.756. The molecule has 2 aromatic heterocycles. The highest BCUT2D eigenvalue weighted by Crippen LogP contribution is 2.33. The zero-order valence-corrected chi connectivity index (χ0v) is 16.8. The molecule has 3 aromatic rings. The van der Waals surface area contributed by atoms with E-state index in [1.54, 1.807) is 11.3 Å². The second kappa shape index (κ2) is 7.69. The fraction of sp³-hybridized carbons (Fsp3) is 0.458. The number of benzene rings is 1. The summed E-state index contributed by atoms with van der Waals surface area (Å²) < 4.78 is 2.58. The molecule has 4 heterocycles. The predicted molar refractivity (Wildman–Crippen MR) is 115 cm³/mol. The maximum Gasteiger partial charge on any atom is 0.0486 e. The summed E-state index contributed by atoms with van der Waals surface area (Å²) in [6.07, 6.45) is 6.62. The van der Waals surface area contributed by atoms with Crippen LogP contribution in [-0.4, -0.2) is 40.1 Å². The molecule has 0 bridgehead atoms. The lowest BCUT2D eigenvalue weighted by Crippen LogP contribution is -2.45. The van der Waals surface area contributed by atoms with Crippen LogP contribution in [0.4, 0.5) is 0 Å². The third-order valence-electron chi connectivity index (χ3n) is 6.58. The van der Waals surface area contributed by atoms with Gasteiger partial charge in [0.2, 0.25) is 0 Å². The van der Waals surface area contributed by atoms with Crippen LogP contribution in [0.3, 0.4) is 0 Å². The minimum Gasteiger partial charge on any atom is -0.344 e. The fourth-order valence-corrected chi connectivity index (χ4v) is 5.10. The normalized spacial score (nSPS) is 18.5. The number of fused-ring (bicyclic) bond motifs is 3. The van der Waals surface area contributed by atoms with Gasteiger partial charge in [-0.3, -0.25) is 9.88 Å². The van der Waals surface area contributed by atoms with Gasteiger partial charge in [-0.05, 0) is 62.7 Å². The van der Waals surface area contributed by atoms with Gasteiger partial charge in [-0.1, -0.05) is 17.7 Å². The number of rotatable bonds is 4. The Morgan fingerprint density at radius 1 is 1.14 bits per heavy atom. The van der Waals surface area contributed by atoms with Crippen LogP contribution in [0.2, 0.25) is 0 Å². The van der Waals surface area contributed by atoms with Crippen LogP contribution < -0.4 is 5.32 Å². The zero-order chi connectivity index (χ0) is 18.9. The number of nitrogens with one attached hydrogen (secondary N) is 1. The van der Waals surface area contributed by atoms with Crippen molar-refractivity contribution < 1.29 is 0 Å². The standard InChI is InChI=1S/C24H30N4/c1-18-5-6-23-21(16-18)22-17-27(20-7-12-25-13-8-20)14-10-24(22)28(23)15-9-19-4-2-3-11-26-19/h2-6,11,16,20,25H,7-10,12-15,17H2,1H3. The van der Waals surface area contributed by atoms with E-state index in [0.717, 1.165) is 32.0 Å². The monoisotopic (exact) mass is 374 g/mol. The van der Waals surface area contributed by atoms with Crippen LogP contribution in [0.5, 0.6) is 0 Å². The summed E-state index contributed by atoms with van der Waals surface area (Å²) in [6, 6.07) is 14.0. The van der Waals surface area contributed by atoms with E-state index < -0.39 is 0 Å². The first-order valence-electron chi connectivity index (χ1n) is 10.7. The third-order valence-corrected chi connectivity index (χ3v) is 6.58. The van der Waals surface area contributed by atoms with E-state index in [1.807, 2.05) is 12.3 Å². The van der Waals surface area contributed by atoms with E-state index >= 15 is 0 Å². The number of aryl methyl sites for hydroxylation is 3. The van der Waals surface area contributed by atoms with Crippen LogP contribution >= 0.6 is 0 Å². The molecule has 0 aliphatic carbocycles. The lowest BCUT2D eigenvalue weighted by Gasteiger charge is -2.37. The zero-order valence-electron chi connectivity index (χ0n) is 16.8. The molecule has 5 rings (SSSR count). The molecule has 2 aliphatic heterocycles. The summed E-state index contributed by atoms with van der Waals surface area (Å²) in [7, 11) is 0. The molecule has 4 nitrogen and oxygen atoms in total. The van der Waals surface area contributed by atoms with E-state index in [2.05, 4.69) is 57.0 Å². The van der Waals surface area contributed by atoms with Crippen LogP contribution in [-0.2, 0) is 25.9 Å². The van der Waals surface area contributed by atoms with Gasteiger partial charge in [0.25, 0.3) is 0 Å². The second-order valence-electron chi connectivity index (χ2n) is 8.37. The van der Waals surface area contributed by atoms with Crippen LogP contribution in [0, 0.1) is 6.92 Å². The Balaban J connectivity index is 1.48. The first-order valence-corrected chi connectivity index (χ1v) is 10.7. The number of aromatic nitrogens is 2. The van der Waals surface area contributed by atoms with Crippen molar-refractivity contribution in [3.8, 4) is 0 Å². The van der Waals surface area contributed by atoms with E-state index in [9.17, 15) is 0 Å². The van der Waals surface area contributed by atoms with Crippen molar-refractivity contribution >= 4 is 10.9 Å². The van der Waals surface area contributed by atoms with Gasteiger partial charge < -0.3 is 9.88 Å². The molecule has 146 valence electrons. The SMILES string of the molecule is Cc1ccc2c(c1)c1c(n2CCc2ccccn2)CCN(C2CCNCC2)C1. The topological polar surface area (TPSA) is 33.1 Å². The number of hydrogen-bond donors (Lipinski definition) is 1. The maximum atomic E-state index is 4.53. The third kappa shape index (κ3) is 3.36. The van der Waals surface area contributed by atoms with Crippen LogP contribution in [0.1, 0.15) is 35.4 Å². The van der Waals surface area contributed by atoms with Crippen molar-refractivity contribution in [3.63, 3.8) is 0 Å². The summed E-state index contributed by atoms with van der Waals surface area (Å²) in [5, 5.41) is 4.98. The lowest BCUT2D eigenvalue weighted by molar-refractivity contribution is 0.146. The summed E-state index contributed by atoms with van der Waals surface area (Å²) in [6.45, 7) is 7.86. The van der Waals surface area contributed by atoms with Crippen molar-refractivity contribution in [1.82, 2.24) is 19.8 Å². The molecular weight excluding hydrogens is 344 g/mol. The minimum absolute atomic E-state index is 0.742. The van der Waals surface area contributed by atoms with Gasteiger partial charge in [-0.15, -0.1) is 0 Å². The summed E-state index contributed by atoms with van der Waals surface area (Å²) in [5.41, 5.74) is 7.07. The van der Waals surface area contributed by atoms with Crippen LogP contribution in [0.25, 0.3) is 10.9 Å². The Morgan fingerprint density at radius 2 is 2.04 bits per heavy atom. The summed E-state index contributed by atoms with van der Waals surface area (Å²) >= 11 is 0. The molecule has 0 amide bonds. The predicted octanol–water partition coefficient (Wildman–Crippen LogP) is 3.70. The summed E-state index contributed by atoms with van der Waals surface area (Å²) in [4.78, 5) is 7.27. The number of pyridine rings is 1. The number of piperidine rings is 1. The molecule has 1 saturated heterocycles. The Morgan fingerprint density at radius 3 is 2.86 bits per heavy atom. The summed E-state index contributed by atoms with van der Waals surface area (Å²) in [5.74, 6) is 0. The van der Waals surface area contributed by atoms with Crippen molar-refractivity contribution in [2.24, 2.45) is 0 Å². The van der Waals surface area contributed by atoms with Gasteiger partial charge in [-0.25, -0.2) is 0 Å². The maximum absolute atomic E-state index is 4.53. The fourth-order valence-electron chi connectivity index (χ4n) is 5.10. The van der Waals surface area contributed by atoms with Crippen molar-refractivity contribution in [1.29, 1.82) is 0 Å². The highest BCUT2D eigenvalue weighted by molar-refractivity contribution is 5.86. The Bertz CT molecular complexity index is 954. The average Bonchev–Trinajstić information content (AvgIpc) is 3.06. The molecule has 1 aromatic carbocycles. The highest BCUT2D eigenvalue weighted by atomic mass is 15.2. The smallest absolute Gasteiger partial charge is 0.0486 e. The first-order chi connectivity index (χ1) is 13.8. The molecule has 0 atom stereocenters.